The molecular weight excluding hydrogens is 386 g/mol. The highest BCUT2D eigenvalue weighted by atomic mass is 35.5. The number of nitrogen functional groups attached to an aromatic ring is 1. The van der Waals surface area contributed by atoms with Crippen LogP contribution in [0.4, 0.5) is 17.1 Å². The number of aromatic nitrogens is 2. The molecule has 0 radical (unpaired) electrons. The lowest BCUT2D eigenvalue weighted by atomic mass is 10.1. The highest BCUT2D eigenvalue weighted by Gasteiger charge is 2.16. The second-order valence-electron chi connectivity index (χ2n) is 6.64. The van der Waals surface area contributed by atoms with Crippen LogP contribution in [0.5, 0.6) is 5.75 Å². The zero-order valence-electron chi connectivity index (χ0n) is 15.5. The molecule has 29 heavy (non-hydrogen) atoms. The molecule has 5 N–H and O–H groups in total. The Kier molecular flexibility index (Phi) is 5.12. The summed E-state index contributed by atoms with van der Waals surface area (Å²) in [7, 11) is 0. The van der Waals surface area contributed by atoms with Crippen molar-refractivity contribution in [3.05, 3.63) is 89.6 Å². The predicted octanol–water partition coefficient (Wildman–Crippen LogP) is 4.55. The summed E-state index contributed by atoms with van der Waals surface area (Å²) in [6.45, 7) is 0.624. The van der Waals surface area contributed by atoms with Gasteiger partial charge in [0.15, 0.2) is 0 Å². The fourth-order valence-corrected chi connectivity index (χ4v) is 3.41. The van der Waals surface area contributed by atoms with E-state index in [9.17, 15) is 5.11 Å². The lowest BCUT2D eigenvalue weighted by molar-refractivity contribution is 0.475. The molecule has 0 saturated carbocycles. The van der Waals surface area contributed by atoms with Crippen molar-refractivity contribution in [3.8, 4) is 17.0 Å². The topological polar surface area (TPSA) is 93.3 Å². The van der Waals surface area contributed by atoms with Gasteiger partial charge in [0.05, 0.1) is 34.3 Å². The van der Waals surface area contributed by atoms with E-state index in [1.165, 1.54) is 5.01 Å². The first kappa shape index (κ1) is 18.9. The third-order valence-electron chi connectivity index (χ3n) is 4.66. The molecular formula is C22H20ClN5O. The maximum absolute atomic E-state index is 9.76. The monoisotopic (exact) mass is 405 g/mol. The number of nitrogens with zero attached hydrogens (tertiary/aromatic N) is 3. The SMILES string of the molecule is Nc1c(Cl)cc(-c2ccnn2Cc2ccccc2)cc1N(N)c1cccc(O)c1. The van der Waals surface area contributed by atoms with Crippen LogP contribution in [0.2, 0.25) is 5.02 Å². The first-order chi connectivity index (χ1) is 14.0. The molecule has 0 amide bonds. The number of hydrazine groups is 1. The molecule has 146 valence electrons. The highest BCUT2D eigenvalue weighted by molar-refractivity contribution is 6.34. The van der Waals surface area contributed by atoms with Gasteiger partial charge < -0.3 is 10.8 Å². The Balaban J connectivity index is 1.74. The minimum absolute atomic E-state index is 0.111. The zero-order chi connectivity index (χ0) is 20.4. The van der Waals surface area contributed by atoms with E-state index in [1.807, 2.05) is 35.0 Å². The lowest BCUT2D eigenvalue weighted by Gasteiger charge is -2.22. The summed E-state index contributed by atoms with van der Waals surface area (Å²) in [4.78, 5) is 0. The van der Waals surface area contributed by atoms with Crippen molar-refractivity contribution in [2.24, 2.45) is 5.84 Å². The molecule has 1 aromatic heterocycles. The first-order valence-corrected chi connectivity index (χ1v) is 9.39. The Hall–Kier alpha value is -3.48. The van der Waals surface area contributed by atoms with Crippen LogP contribution in [0, 0.1) is 0 Å². The van der Waals surface area contributed by atoms with E-state index in [0.717, 1.165) is 16.8 Å². The Morgan fingerprint density at radius 3 is 2.55 bits per heavy atom. The van der Waals surface area contributed by atoms with E-state index in [-0.39, 0.29) is 5.75 Å². The molecule has 0 aliphatic rings. The molecule has 0 fully saturated rings. The number of halogens is 1. The molecule has 1 heterocycles. The lowest BCUT2D eigenvalue weighted by Crippen LogP contribution is -2.26. The van der Waals surface area contributed by atoms with Gasteiger partial charge in [0, 0.05) is 17.8 Å². The molecule has 0 unspecified atom stereocenters. The first-order valence-electron chi connectivity index (χ1n) is 9.02. The number of hydrogen-bond donors (Lipinski definition) is 3. The number of aromatic hydroxyl groups is 1. The maximum atomic E-state index is 9.76. The second-order valence-corrected chi connectivity index (χ2v) is 7.05. The fourth-order valence-electron chi connectivity index (χ4n) is 3.19. The Labute approximate surface area is 173 Å². The van der Waals surface area contributed by atoms with Crippen molar-refractivity contribution in [2.75, 3.05) is 10.7 Å². The average molecular weight is 406 g/mol. The fraction of sp³-hybridized carbons (Fsp3) is 0.0455. The van der Waals surface area contributed by atoms with Crippen LogP contribution >= 0.6 is 11.6 Å². The molecule has 6 nitrogen and oxygen atoms in total. The molecule has 0 aliphatic carbocycles. The van der Waals surface area contributed by atoms with Crippen LogP contribution < -0.4 is 16.6 Å². The quantitative estimate of drug-likeness (QED) is 0.257. The predicted molar refractivity (Wildman–Crippen MR) is 117 cm³/mol. The molecule has 0 spiro atoms. The van der Waals surface area contributed by atoms with Gasteiger partial charge in [0.2, 0.25) is 0 Å². The zero-order valence-corrected chi connectivity index (χ0v) is 16.3. The molecule has 0 atom stereocenters. The molecule has 0 aliphatic heterocycles. The van der Waals surface area contributed by atoms with Gasteiger partial charge in [-0.3, -0.25) is 9.69 Å². The number of phenolic OH excluding ortho intramolecular Hbond substituents is 1. The minimum Gasteiger partial charge on any atom is -0.508 e. The van der Waals surface area contributed by atoms with Crippen LogP contribution in [0.15, 0.2) is 79.0 Å². The van der Waals surface area contributed by atoms with Gasteiger partial charge in [-0.1, -0.05) is 48.0 Å². The van der Waals surface area contributed by atoms with Crippen molar-refractivity contribution in [1.82, 2.24) is 9.78 Å². The second kappa shape index (κ2) is 7.87. The molecule has 4 aromatic rings. The average Bonchev–Trinajstić information content (AvgIpc) is 3.18. The summed E-state index contributed by atoms with van der Waals surface area (Å²) in [6.07, 6.45) is 1.75. The van der Waals surface area contributed by atoms with Crippen LogP contribution in [0.1, 0.15) is 5.56 Å². The Morgan fingerprint density at radius 1 is 1.00 bits per heavy atom. The summed E-state index contributed by atoms with van der Waals surface area (Å²) < 4.78 is 1.90. The highest BCUT2D eigenvalue weighted by Crippen LogP contribution is 2.38. The van der Waals surface area contributed by atoms with Crippen molar-refractivity contribution >= 4 is 28.7 Å². The van der Waals surface area contributed by atoms with E-state index in [2.05, 4.69) is 17.2 Å². The van der Waals surface area contributed by atoms with Crippen LogP contribution in [0.25, 0.3) is 11.3 Å². The van der Waals surface area contributed by atoms with Gasteiger partial charge in [-0.05, 0) is 35.9 Å². The van der Waals surface area contributed by atoms with Gasteiger partial charge in [0.1, 0.15) is 5.75 Å². The van der Waals surface area contributed by atoms with E-state index >= 15 is 0 Å². The standard InChI is InChI=1S/C22H20ClN5O/c23-19-11-16(20-9-10-26-27(20)14-15-5-2-1-3-6-15)12-21(22(19)24)28(25)17-7-4-8-18(29)13-17/h1-13,29H,14,24-25H2. The van der Waals surface area contributed by atoms with Crippen LogP contribution in [-0.2, 0) is 6.54 Å². The third-order valence-corrected chi connectivity index (χ3v) is 4.98. The third kappa shape index (κ3) is 3.89. The van der Waals surface area contributed by atoms with E-state index in [0.29, 0.717) is 28.6 Å². The van der Waals surface area contributed by atoms with Crippen molar-refractivity contribution < 1.29 is 5.11 Å². The van der Waals surface area contributed by atoms with Gasteiger partial charge >= 0.3 is 0 Å². The molecule has 3 aromatic carbocycles. The molecule has 4 rings (SSSR count). The summed E-state index contributed by atoms with van der Waals surface area (Å²) in [5.74, 6) is 6.41. The van der Waals surface area contributed by atoms with Crippen molar-refractivity contribution in [1.29, 1.82) is 0 Å². The largest absolute Gasteiger partial charge is 0.508 e. The van der Waals surface area contributed by atoms with Crippen LogP contribution in [0.3, 0.4) is 0 Å². The van der Waals surface area contributed by atoms with Gasteiger partial charge in [-0.2, -0.15) is 5.10 Å². The summed E-state index contributed by atoms with van der Waals surface area (Å²) in [5, 5.41) is 16.0. The van der Waals surface area contributed by atoms with E-state index in [4.69, 9.17) is 23.2 Å². The number of benzene rings is 3. The number of nitrogens with two attached hydrogens (primary N) is 2. The van der Waals surface area contributed by atoms with Gasteiger partial charge in [-0.15, -0.1) is 0 Å². The number of rotatable bonds is 5. The summed E-state index contributed by atoms with van der Waals surface area (Å²) in [5.41, 5.74) is 10.5. The summed E-state index contributed by atoms with van der Waals surface area (Å²) >= 11 is 6.42. The number of anilines is 3. The van der Waals surface area contributed by atoms with Gasteiger partial charge in [0.25, 0.3) is 0 Å². The van der Waals surface area contributed by atoms with E-state index < -0.39 is 0 Å². The number of phenols is 1. The Bertz CT molecular complexity index is 1140. The van der Waals surface area contributed by atoms with Crippen molar-refractivity contribution in [3.63, 3.8) is 0 Å². The van der Waals surface area contributed by atoms with Crippen LogP contribution in [-0.4, -0.2) is 14.9 Å². The number of hydrogen-bond acceptors (Lipinski definition) is 5. The maximum Gasteiger partial charge on any atom is 0.117 e. The van der Waals surface area contributed by atoms with E-state index in [1.54, 1.807) is 36.5 Å². The molecule has 7 heteroatoms. The minimum atomic E-state index is 0.111. The Morgan fingerprint density at radius 2 is 1.79 bits per heavy atom. The summed E-state index contributed by atoms with van der Waals surface area (Å²) in [6, 6.07) is 22.3. The molecule has 0 saturated heterocycles. The van der Waals surface area contributed by atoms with Gasteiger partial charge in [-0.25, -0.2) is 5.84 Å². The van der Waals surface area contributed by atoms with Crippen molar-refractivity contribution in [2.45, 2.75) is 6.54 Å². The smallest absolute Gasteiger partial charge is 0.117 e. The normalized spacial score (nSPS) is 10.8. The molecule has 0 bridgehead atoms.